The van der Waals surface area contributed by atoms with Gasteiger partial charge in [-0.25, -0.2) is 0 Å². The van der Waals surface area contributed by atoms with E-state index >= 15 is 0 Å². The Hall–Kier alpha value is -0.380. The lowest BCUT2D eigenvalue weighted by Crippen LogP contribution is -2.49. The SMILES string of the molecule is CN=C(NCC1(c2ccc(Br)cc2)CCOCC1)N1CCC(COC)C1.I. The molecule has 0 radical (unpaired) electrons. The van der Waals surface area contributed by atoms with Gasteiger partial charge in [0.2, 0.25) is 0 Å². The van der Waals surface area contributed by atoms with Crippen molar-refractivity contribution in [1.29, 1.82) is 0 Å². The van der Waals surface area contributed by atoms with Crippen molar-refractivity contribution in [2.75, 3.05) is 53.6 Å². The van der Waals surface area contributed by atoms with Crippen LogP contribution < -0.4 is 5.32 Å². The largest absolute Gasteiger partial charge is 0.384 e. The predicted molar refractivity (Wildman–Crippen MR) is 124 cm³/mol. The van der Waals surface area contributed by atoms with Crippen molar-refractivity contribution in [3.8, 4) is 0 Å². The third-order valence-corrected chi connectivity index (χ3v) is 6.22. The fraction of sp³-hybridized carbons (Fsp3) is 0.650. The van der Waals surface area contributed by atoms with Gasteiger partial charge in [-0.05, 0) is 37.0 Å². The third kappa shape index (κ3) is 5.81. The summed E-state index contributed by atoms with van der Waals surface area (Å²) in [5.41, 5.74) is 1.48. The van der Waals surface area contributed by atoms with Gasteiger partial charge in [0, 0.05) is 62.8 Å². The minimum Gasteiger partial charge on any atom is -0.384 e. The Morgan fingerprint density at radius 2 is 2.04 bits per heavy atom. The zero-order valence-electron chi connectivity index (χ0n) is 16.2. The van der Waals surface area contributed by atoms with Gasteiger partial charge in [0.05, 0.1) is 6.61 Å². The molecular formula is C20H31BrIN3O2. The molecule has 1 aromatic rings. The Bertz CT molecular complexity index is 606. The number of aliphatic imine (C=N–C) groups is 1. The second-order valence-electron chi connectivity index (χ2n) is 7.36. The van der Waals surface area contributed by atoms with Crippen molar-refractivity contribution in [3.63, 3.8) is 0 Å². The molecule has 0 aliphatic carbocycles. The molecule has 1 aromatic carbocycles. The number of benzene rings is 1. The number of methoxy groups -OCH3 is 1. The van der Waals surface area contributed by atoms with Crippen molar-refractivity contribution < 1.29 is 9.47 Å². The summed E-state index contributed by atoms with van der Waals surface area (Å²) in [6.07, 6.45) is 3.23. The maximum Gasteiger partial charge on any atom is 0.193 e. The summed E-state index contributed by atoms with van der Waals surface area (Å²) >= 11 is 3.55. The van der Waals surface area contributed by atoms with Gasteiger partial charge in [0.15, 0.2) is 5.96 Å². The first kappa shape index (κ1) is 22.9. The molecule has 3 rings (SSSR count). The summed E-state index contributed by atoms with van der Waals surface area (Å²) in [6.45, 7) is 5.40. The number of likely N-dealkylation sites (tertiary alicyclic amines) is 1. The Morgan fingerprint density at radius 3 is 2.67 bits per heavy atom. The van der Waals surface area contributed by atoms with E-state index in [-0.39, 0.29) is 29.4 Å². The highest BCUT2D eigenvalue weighted by Gasteiger charge is 2.35. The van der Waals surface area contributed by atoms with Crippen LogP contribution in [0.3, 0.4) is 0 Å². The van der Waals surface area contributed by atoms with E-state index in [1.54, 1.807) is 7.11 Å². The normalized spacial score (nSPS) is 22.4. The number of halogens is 2. The lowest BCUT2D eigenvalue weighted by molar-refractivity contribution is 0.0512. The van der Waals surface area contributed by atoms with Crippen molar-refractivity contribution in [2.45, 2.75) is 24.7 Å². The van der Waals surface area contributed by atoms with Crippen LogP contribution in [-0.4, -0.2) is 64.5 Å². The minimum atomic E-state index is 0. The van der Waals surface area contributed by atoms with Gasteiger partial charge in [-0.2, -0.15) is 0 Å². The quantitative estimate of drug-likeness (QED) is 0.345. The summed E-state index contributed by atoms with van der Waals surface area (Å²) in [7, 11) is 3.66. The Morgan fingerprint density at radius 1 is 1.33 bits per heavy atom. The smallest absolute Gasteiger partial charge is 0.193 e. The predicted octanol–water partition coefficient (Wildman–Crippen LogP) is 3.66. The van der Waals surface area contributed by atoms with E-state index in [0.29, 0.717) is 5.92 Å². The monoisotopic (exact) mass is 551 g/mol. The topological polar surface area (TPSA) is 46.1 Å². The van der Waals surface area contributed by atoms with Crippen molar-refractivity contribution in [3.05, 3.63) is 34.3 Å². The van der Waals surface area contributed by atoms with Crippen molar-refractivity contribution in [2.24, 2.45) is 10.9 Å². The second-order valence-corrected chi connectivity index (χ2v) is 8.27. The number of nitrogens with one attached hydrogen (secondary N) is 1. The number of ether oxygens (including phenoxy) is 2. The molecule has 0 bridgehead atoms. The van der Waals surface area contributed by atoms with Gasteiger partial charge >= 0.3 is 0 Å². The molecule has 2 saturated heterocycles. The molecule has 152 valence electrons. The molecule has 0 spiro atoms. The summed E-state index contributed by atoms with van der Waals surface area (Å²) in [5.74, 6) is 1.61. The number of nitrogens with zero attached hydrogens (tertiary/aromatic N) is 2. The third-order valence-electron chi connectivity index (χ3n) is 5.69. The number of hydrogen-bond donors (Lipinski definition) is 1. The van der Waals surface area contributed by atoms with Crippen LogP contribution in [0.5, 0.6) is 0 Å². The Balaban J connectivity index is 0.00000261. The summed E-state index contributed by atoms with van der Waals surface area (Å²) in [4.78, 5) is 6.90. The van der Waals surface area contributed by atoms with Gasteiger partial charge in [-0.15, -0.1) is 24.0 Å². The first-order valence-electron chi connectivity index (χ1n) is 9.45. The molecule has 0 amide bonds. The summed E-state index contributed by atoms with van der Waals surface area (Å²) < 4.78 is 12.1. The highest BCUT2D eigenvalue weighted by atomic mass is 127. The van der Waals surface area contributed by atoms with Crippen LogP contribution in [0.25, 0.3) is 0 Å². The maximum absolute atomic E-state index is 5.65. The number of hydrogen-bond acceptors (Lipinski definition) is 3. The average Bonchev–Trinajstić information content (AvgIpc) is 3.12. The Labute approximate surface area is 188 Å². The second kappa shape index (κ2) is 11.0. The molecule has 1 N–H and O–H groups in total. The molecular weight excluding hydrogens is 521 g/mol. The zero-order valence-corrected chi connectivity index (χ0v) is 20.2. The zero-order chi connectivity index (χ0) is 18.4. The molecule has 2 fully saturated rings. The molecule has 2 aliphatic rings. The van der Waals surface area contributed by atoms with Gasteiger partial charge in [0.25, 0.3) is 0 Å². The van der Waals surface area contributed by atoms with E-state index in [4.69, 9.17) is 9.47 Å². The first-order chi connectivity index (χ1) is 12.7. The van der Waals surface area contributed by atoms with E-state index in [9.17, 15) is 0 Å². The fourth-order valence-corrected chi connectivity index (χ4v) is 4.37. The van der Waals surface area contributed by atoms with E-state index in [1.807, 2.05) is 7.05 Å². The molecule has 7 heteroatoms. The summed E-state index contributed by atoms with van der Waals surface area (Å²) in [6, 6.07) is 8.75. The standard InChI is InChI=1S/C20H30BrN3O2.HI/c1-22-19(24-10-7-16(13-24)14-25-2)23-15-20(8-11-26-12-9-20)17-3-5-18(21)6-4-17;/h3-6,16H,7-15H2,1-2H3,(H,22,23);1H. The molecule has 27 heavy (non-hydrogen) atoms. The van der Waals surface area contributed by atoms with Crippen LogP contribution in [0.2, 0.25) is 0 Å². The van der Waals surface area contributed by atoms with E-state index in [1.165, 1.54) is 12.0 Å². The molecule has 0 saturated carbocycles. The number of rotatable bonds is 5. The van der Waals surface area contributed by atoms with Gasteiger partial charge in [-0.1, -0.05) is 28.1 Å². The molecule has 0 aromatic heterocycles. The highest BCUT2D eigenvalue weighted by Crippen LogP contribution is 2.35. The molecule has 2 heterocycles. The van der Waals surface area contributed by atoms with Crippen LogP contribution in [0.15, 0.2) is 33.7 Å². The van der Waals surface area contributed by atoms with Crippen LogP contribution in [-0.2, 0) is 14.9 Å². The number of guanidine groups is 1. The Kier molecular flexibility index (Phi) is 9.31. The van der Waals surface area contributed by atoms with E-state index < -0.39 is 0 Å². The van der Waals surface area contributed by atoms with Crippen LogP contribution in [0.4, 0.5) is 0 Å². The van der Waals surface area contributed by atoms with Crippen LogP contribution in [0, 0.1) is 5.92 Å². The first-order valence-corrected chi connectivity index (χ1v) is 10.2. The van der Waals surface area contributed by atoms with Crippen molar-refractivity contribution in [1.82, 2.24) is 10.2 Å². The van der Waals surface area contributed by atoms with Crippen LogP contribution >= 0.6 is 39.9 Å². The van der Waals surface area contributed by atoms with Gasteiger partial charge in [-0.3, -0.25) is 4.99 Å². The summed E-state index contributed by atoms with van der Waals surface area (Å²) in [5, 5.41) is 3.67. The highest BCUT2D eigenvalue weighted by molar-refractivity contribution is 14.0. The lowest BCUT2D eigenvalue weighted by Gasteiger charge is -2.39. The molecule has 5 nitrogen and oxygen atoms in total. The van der Waals surface area contributed by atoms with Gasteiger partial charge < -0.3 is 19.7 Å². The minimum absolute atomic E-state index is 0. The fourth-order valence-electron chi connectivity index (χ4n) is 4.11. The lowest BCUT2D eigenvalue weighted by atomic mass is 9.74. The van der Waals surface area contributed by atoms with E-state index in [2.05, 4.69) is 55.4 Å². The molecule has 1 unspecified atom stereocenters. The van der Waals surface area contributed by atoms with E-state index in [0.717, 1.165) is 62.7 Å². The maximum atomic E-state index is 5.65. The molecule has 2 aliphatic heterocycles. The van der Waals surface area contributed by atoms with Crippen LogP contribution in [0.1, 0.15) is 24.8 Å². The molecule has 1 atom stereocenters. The average molecular weight is 552 g/mol. The van der Waals surface area contributed by atoms with Gasteiger partial charge in [0.1, 0.15) is 0 Å². The van der Waals surface area contributed by atoms with Crippen molar-refractivity contribution >= 4 is 45.9 Å².